The average Bonchev–Trinajstić information content (AvgIpc) is 2.64. The molecule has 6 nitrogen and oxygen atoms in total. The minimum absolute atomic E-state index is 0.0266. The molecule has 1 saturated heterocycles. The Balaban J connectivity index is 2.29. The molecule has 1 aromatic carbocycles. The van der Waals surface area contributed by atoms with Gasteiger partial charge < -0.3 is 14.7 Å². The summed E-state index contributed by atoms with van der Waals surface area (Å²) in [6.07, 6.45) is 0. The molecule has 0 saturated carbocycles. The summed E-state index contributed by atoms with van der Waals surface area (Å²) < 4.78 is 0. The Bertz CT molecular complexity index is 708. The lowest BCUT2D eigenvalue weighted by molar-refractivity contribution is -0.137. The number of carbonyl (C=O) groups excluding carboxylic acids is 3. The van der Waals surface area contributed by atoms with E-state index in [1.54, 1.807) is 21.6 Å². The van der Waals surface area contributed by atoms with Crippen LogP contribution in [-0.2, 0) is 14.4 Å². The Morgan fingerprint density at radius 2 is 1.36 bits per heavy atom. The number of para-hydroxylation sites is 1. The smallest absolute Gasteiger partial charge is 0.242 e. The van der Waals surface area contributed by atoms with Crippen molar-refractivity contribution in [3.63, 3.8) is 0 Å². The second-order valence-corrected chi connectivity index (χ2v) is 8.09. The molecule has 0 spiro atoms. The van der Waals surface area contributed by atoms with Gasteiger partial charge in [-0.2, -0.15) is 0 Å². The van der Waals surface area contributed by atoms with Gasteiger partial charge in [0.15, 0.2) is 0 Å². The van der Waals surface area contributed by atoms with Gasteiger partial charge in [-0.15, -0.1) is 0 Å². The fraction of sp³-hybridized carbons (Fsp3) is 0.591. The summed E-state index contributed by atoms with van der Waals surface area (Å²) in [6, 6.07) is 6.10. The summed E-state index contributed by atoms with van der Waals surface area (Å²) in [5.41, 5.74) is 3.03. The second-order valence-electron chi connectivity index (χ2n) is 8.09. The predicted molar refractivity (Wildman–Crippen MR) is 111 cm³/mol. The van der Waals surface area contributed by atoms with Crippen LogP contribution in [0, 0.1) is 0 Å². The highest BCUT2D eigenvalue weighted by molar-refractivity contribution is 5.99. The molecule has 28 heavy (non-hydrogen) atoms. The molecule has 0 bridgehead atoms. The molecule has 0 unspecified atom stereocenters. The van der Waals surface area contributed by atoms with Crippen LogP contribution in [-0.4, -0.2) is 60.2 Å². The first-order valence-corrected chi connectivity index (χ1v) is 10.1. The quantitative estimate of drug-likeness (QED) is 0.780. The van der Waals surface area contributed by atoms with Gasteiger partial charge in [0.2, 0.25) is 17.7 Å². The van der Waals surface area contributed by atoms with Crippen LogP contribution in [0.25, 0.3) is 0 Å². The van der Waals surface area contributed by atoms with Crippen LogP contribution >= 0.6 is 0 Å². The van der Waals surface area contributed by atoms with Crippen molar-refractivity contribution in [2.75, 3.05) is 37.6 Å². The third-order valence-electron chi connectivity index (χ3n) is 5.36. The van der Waals surface area contributed by atoms with Gasteiger partial charge in [-0.05, 0) is 23.0 Å². The largest absolute Gasteiger partial charge is 0.339 e. The highest BCUT2D eigenvalue weighted by Gasteiger charge is 2.28. The summed E-state index contributed by atoms with van der Waals surface area (Å²) in [5, 5.41) is 0. The van der Waals surface area contributed by atoms with Crippen LogP contribution < -0.4 is 4.90 Å². The summed E-state index contributed by atoms with van der Waals surface area (Å²) >= 11 is 0. The van der Waals surface area contributed by atoms with Gasteiger partial charge in [0.25, 0.3) is 0 Å². The summed E-state index contributed by atoms with van der Waals surface area (Å²) in [7, 11) is 0. The Labute approximate surface area is 168 Å². The first kappa shape index (κ1) is 21.9. The number of nitrogens with zero attached hydrogens (tertiary/aromatic N) is 3. The van der Waals surface area contributed by atoms with Crippen LogP contribution in [0.15, 0.2) is 18.2 Å². The van der Waals surface area contributed by atoms with E-state index in [4.69, 9.17) is 0 Å². The number of hydrogen-bond donors (Lipinski definition) is 0. The van der Waals surface area contributed by atoms with E-state index in [2.05, 4.69) is 27.7 Å². The molecule has 1 aliphatic rings. The Morgan fingerprint density at radius 3 is 1.75 bits per heavy atom. The number of hydrogen-bond acceptors (Lipinski definition) is 3. The molecule has 2 rings (SSSR count). The summed E-state index contributed by atoms with van der Waals surface area (Å²) in [4.78, 5) is 42.1. The second kappa shape index (κ2) is 9.22. The average molecular weight is 388 g/mol. The van der Waals surface area contributed by atoms with E-state index in [1.165, 1.54) is 6.92 Å². The van der Waals surface area contributed by atoms with Crippen molar-refractivity contribution in [1.29, 1.82) is 0 Å². The van der Waals surface area contributed by atoms with Crippen molar-refractivity contribution >= 4 is 23.4 Å². The van der Waals surface area contributed by atoms with Crippen molar-refractivity contribution in [2.24, 2.45) is 0 Å². The highest BCUT2D eigenvalue weighted by Crippen LogP contribution is 2.35. The molecule has 6 heteroatoms. The van der Waals surface area contributed by atoms with Crippen molar-refractivity contribution in [3.8, 4) is 0 Å². The molecule has 1 fully saturated rings. The number of benzene rings is 1. The molecule has 3 amide bonds. The molecule has 1 heterocycles. The minimum Gasteiger partial charge on any atom is -0.339 e. The highest BCUT2D eigenvalue weighted by atomic mass is 16.2. The van der Waals surface area contributed by atoms with Crippen LogP contribution in [0.4, 0.5) is 5.69 Å². The van der Waals surface area contributed by atoms with E-state index in [-0.39, 0.29) is 36.1 Å². The number of rotatable bonds is 5. The van der Waals surface area contributed by atoms with Gasteiger partial charge in [0.1, 0.15) is 6.54 Å². The van der Waals surface area contributed by atoms with E-state index < -0.39 is 0 Å². The summed E-state index contributed by atoms with van der Waals surface area (Å²) in [5.74, 6) is 0.303. The van der Waals surface area contributed by atoms with Gasteiger partial charge in [-0.1, -0.05) is 45.9 Å². The lowest BCUT2D eigenvalue weighted by atomic mass is 9.91. The zero-order chi connectivity index (χ0) is 21.0. The van der Waals surface area contributed by atoms with Crippen LogP contribution in [0.2, 0.25) is 0 Å². The fourth-order valence-corrected chi connectivity index (χ4v) is 3.68. The van der Waals surface area contributed by atoms with E-state index in [9.17, 15) is 14.4 Å². The number of piperazine rings is 1. The standard InChI is InChI=1S/C22H33N3O3/c1-15(2)19-8-7-9-20(16(3)4)22(19)25(18(6)27)14-21(28)24-12-10-23(11-13-24)17(5)26/h7-9,15-16H,10-14H2,1-6H3. The maximum Gasteiger partial charge on any atom is 0.242 e. The Morgan fingerprint density at radius 1 is 0.893 bits per heavy atom. The molecule has 0 aromatic heterocycles. The SMILES string of the molecule is CC(=O)N1CCN(C(=O)CN(C(C)=O)c2c(C(C)C)cccc2C(C)C)CC1. The van der Waals surface area contributed by atoms with Gasteiger partial charge in [-0.25, -0.2) is 0 Å². The molecule has 0 radical (unpaired) electrons. The van der Waals surface area contributed by atoms with Crippen molar-refractivity contribution in [1.82, 2.24) is 9.80 Å². The zero-order valence-corrected chi connectivity index (χ0v) is 18.0. The van der Waals surface area contributed by atoms with E-state index in [0.29, 0.717) is 26.2 Å². The number of carbonyl (C=O) groups is 3. The Hall–Kier alpha value is -2.37. The van der Waals surface area contributed by atoms with Crippen molar-refractivity contribution in [3.05, 3.63) is 29.3 Å². The molecule has 154 valence electrons. The topological polar surface area (TPSA) is 60.9 Å². The van der Waals surface area contributed by atoms with Gasteiger partial charge in [-0.3, -0.25) is 14.4 Å². The minimum atomic E-state index is -0.134. The molecule has 1 aliphatic heterocycles. The molecular weight excluding hydrogens is 354 g/mol. The molecule has 0 N–H and O–H groups in total. The fourth-order valence-electron chi connectivity index (χ4n) is 3.68. The molecular formula is C22H33N3O3. The van der Waals surface area contributed by atoms with Gasteiger partial charge in [0.05, 0.1) is 5.69 Å². The lowest BCUT2D eigenvalue weighted by Gasteiger charge is -2.36. The molecule has 0 atom stereocenters. The Kier molecular flexibility index (Phi) is 7.22. The van der Waals surface area contributed by atoms with Gasteiger partial charge >= 0.3 is 0 Å². The lowest BCUT2D eigenvalue weighted by Crippen LogP contribution is -2.52. The third kappa shape index (κ3) is 4.91. The predicted octanol–water partition coefficient (Wildman–Crippen LogP) is 2.98. The van der Waals surface area contributed by atoms with Crippen LogP contribution in [0.1, 0.15) is 64.5 Å². The number of anilines is 1. The third-order valence-corrected chi connectivity index (χ3v) is 5.36. The van der Waals surface area contributed by atoms with Crippen molar-refractivity contribution in [2.45, 2.75) is 53.4 Å². The molecule has 1 aromatic rings. The van der Waals surface area contributed by atoms with Crippen molar-refractivity contribution < 1.29 is 14.4 Å². The van der Waals surface area contributed by atoms with E-state index >= 15 is 0 Å². The first-order chi connectivity index (χ1) is 13.1. The van der Waals surface area contributed by atoms with Gasteiger partial charge in [0, 0.05) is 40.0 Å². The summed E-state index contributed by atoms with van der Waals surface area (Å²) in [6.45, 7) is 13.6. The van der Waals surface area contributed by atoms with E-state index in [0.717, 1.165) is 16.8 Å². The van der Waals surface area contributed by atoms with Crippen LogP contribution in [0.3, 0.4) is 0 Å². The monoisotopic (exact) mass is 387 g/mol. The number of amides is 3. The maximum absolute atomic E-state index is 13.0. The normalized spacial score (nSPS) is 14.6. The molecule has 0 aliphatic carbocycles. The first-order valence-electron chi connectivity index (χ1n) is 10.1. The van der Waals surface area contributed by atoms with Crippen LogP contribution in [0.5, 0.6) is 0 Å². The zero-order valence-electron chi connectivity index (χ0n) is 18.0. The maximum atomic E-state index is 13.0. The van der Waals surface area contributed by atoms with E-state index in [1.807, 2.05) is 18.2 Å².